The van der Waals surface area contributed by atoms with E-state index in [1.165, 1.54) is 6.07 Å². The summed E-state index contributed by atoms with van der Waals surface area (Å²) < 4.78 is 46.3. The predicted octanol–water partition coefficient (Wildman–Crippen LogP) is 6.36. The van der Waals surface area contributed by atoms with E-state index in [0.717, 1.165) is 5.39 Å². The summed E-state index contributed by atoms with van der Waals surface area (Å²) in [4.78, 5) is 21.3. The highest BCUT2D eigenvalue weighted by Crippen LogP contribution is 2.37. The van der Waals surface area contributed by atoms with Crippen LogP contribution in [-0.4, -0.2) is 29.0 Å². The molecular formula is C26H25F3N2O2. The zero-order valence-corrected chi connectivity index (χ0v) is 18.4. The number of unbranched alkanes of at least 4 members (excludes halogenated alkanes) is 1. The van der Waals surface area contributed by atoms with Gasteiger partial charge in [-0.05, 0) is 73.6 Å². The minimum Gasteiger partial charge on any atom is -0.377 e. The molecular weight excluding hydrogens is 429 g/mol. The summed E-state index contributed by atoms with van der Waals surface area (Å²) in [6.07, 6.45) is 1.46. The van der Waals surface area contributed by atoms with Crippen LogP contribution < -0.4 is 0 Å². The van der Waals surface area contributed by atoms with Crippen LogP contribution in [0.5, 0.6) is 0 Å². The summed E-state index contributed by atoms with van der Waals surface area (Å²) in [6, 6.07) is 10.0. The van der Waals surface area contributed by atoms with E-state index in [1.54, 1.807) is 37.4 Å². The highest BCUT2D eigenvalue weighted by atomic mass is 19.4. The van der Waals surface area contributed by atoms with Crippen LogP contribution in [-0.2, 0) is 17.3 Å². The molecule has 1 aliphatic rings. The summed E-state index contributed by atoms with van der Waals surface area (Å²) in [5, 5.41) is 0.811. The van der Waals surface area contributed by atoms with Gasteiger partial charge in [0.2, 0.25) is 0 Å². The largest absolute Gasteiger partial charge is 0.417 e. The van der Waals surface area contributed by atoms with Crippen LogP contribution in [0.15, 0.2) is 48.7 Å². The molecule has 0 bridgehead atoms. The molecule has 0 radical (unpaired) electrons. The highest BCUT2D eigenvalue weighted by molar-refractivity contribution is 5.99. The van der Waals surface area contributed by atoms with Crippen molar-refractivity contribution in [2.24, 2.45) is 0 Å². The minimum absolute atomic E-state index is 0.0106. The number of carbonyl (C=O) groups excluding carboxylic acids is 1. The first-order valence-corrected chi connectivity index (χ1v) is 11.1. The van der Waals surface area contributed by atoms with Gasteiger partial charge in [-0.2, -0.15) is 13.2 Å². The van der Waals surface area contributed by atoms with Crippen molar-refractivity contribution in [3.05, 3.63) is 76.6 Å². The molecule has 0 spiro atoms. The number of fused-ring (bicyclic) bond motifs is 1. The Hall–Kier alpha value is -3.06. The summed E-state index contributed by atoms with van der Waals surface area (Å²) in [5.74, 6) is -0.0106. The molecule has 0 atom stereocenters. The van der Waals surface area contributed by atoms with Crippen LogP contribution in [0, 0.1) is 6.92 Å². The third kappa shape index (κ3) is 5.47. The van der Waals surface area contributed by atoms with Gasteiger partial charge in [-0.25, -0.2) is 9.97 Å². The Bertz CT molecular complexity index is 1200. The molecule has 2 aromatic heterocycles. The third-order valence-electron chi connectivity index (χ3n) is 5.90. The Kier molecular flexibility index (Phi) is 6.88. The normalized spacial score (nSPS) is 14.4. The number of aromatic nitrogens is 2. The van der Waals surface area contributed by atoms with E-state index in [9.17, 15) is 18.0 Å². The Morgan fingerprint density at radius 1 is 1.15 bits per heavy atom. The SMILES string of the molecule is Cc1nc2ncccc2cc1C(=O)CCCCc1ccc(C2=CCOCC2)c(C(F)(F)F)c1. The van der Waals surface area contributed by atoms with Crippen molar-refractivity contribution in [3.63, 3.8) is 0 Å². The summed E-state index contributed by atoms with van der Waals surface area (Å²) in [7, 11) is 0. The number of aryl methyl sites for hydroxylation is 2. The van der Waals surface area contributed by atoms with E-state index in [4.69, 9.17) is 4.74 Å². The molecule has 33 heavy (non-hydrogen) atoms. The van der Waals surface area contributed by atoms with E-state index in [-0.39, 0.29) is 11.3 Å². The molecule has 0 saturated carbocycles. The van der Waals surface area contributed by atoms with Gasteiger partial charge in [0.25, 0.3) is 0 Å². The monoisotopic (exact) mass is 454 g/mol. The van der Waals surface area contributed by atoms with Crippen LogP contribution in [0.25, 0.3) is 16.6 Å². The van der Waals surface area contributed by atoms with Gasteiger partial charge in [0.05, 0.1) is 24.5 Å². The Labute approximate surface area is 190 Å². The molecule has 0 unspecified atom stereocenters. The van der Waals surface area contributed by atoms with Gasteiger partial charge in [-0.3, -0.25) is 4.79 Å². The van der Waals surface area contributed by atoms with E-state index in [2.05, 4.69) is 9.97 Å². The summed E-state index contributed by atoms with van der Waals surface area (Å²) >= 11 is 0. The number of Topliss-reactive ketones (excluding diaryl/α,β-unsaturated/α-hetero) is 1. The number of hydrogen-bond acceptors (Lipinski definition) is 4. The first kappa shape index (κ1) is 23.1. The van der Waals surface area contributed by atoms with Gasteiger partial charge in [-0.1, -0.05) is 18.2 Å². The van der Waals surface area contributed by atoms with Gasteiger partial charge >= 0.3 is 6.18 Å². The lowest BCUT2D eigenvalue weighted by atomic mass is 9.93. The van der Waals surface area contributed by atoms with Crippen molar-refractivity contribution < 1.29 is 22.7 Å². The highest BCUT2D eigenvalue weighted by Gasteiger charge is 2.34. The third-order valence-corrected chi connectivity index (χ3v) is 5.90. The van der Waals surface area contributed by atoms with E-state index in [0.29, 0.717) is 73.4 Å². The fourth-order valence-electron chi connectivity index (χ4n) is 4.16. The fraction of sp³-hybridized carbons (Fsp3) is 0.346. The van der Waals surface area contributed by atoms with Crippen LogP contribution in [0.2, 0.25) is 0 Å². The van der Waals surface area contributed by atoms with Gasteiger partial charge in [0, 0.05) is 23.6 Å². The van der Waals surface area contributed by atoms with Crippen molar-refractivity contribution >= 4 is 22.4 Å². The molecule has 3 aromatic rings. The lowest BCUT2D eigenvalue weighted by molar-refractivity contribution is -0.137. The number of rotatable bonds is 7. The van der Waals surface area contributed by atoms with E-state index >= 15 is 0 Å². The van der Waals surface area contributed by atoms with E-state index < -0.39 is 11.7 Å². The standard InChI is InChI=1S/C26H25F3N2O2/c1-17-22(16-20-6-4-12-30-25(20)31-17)24(32)7-3-2-5-18-8-9-21(19-10-13-33-14-11-19)23(15-18)26(27,28)29/h4,6,8-10,12,15-16H,2-3,5,7,11,13-14H2,1H3. The second kappa shape index (κ2) is 9.83. The van der Waals surface area contributed by atoms with Crippen LogP contribution in [0.1, 0.15) is 58.4 Å². The quantitative estimate of drug-likeness (QED) is 0.308. The zero-order valence-electron chi connectivity index (χ0n) is 18.4. The van der Waals surface area contributed by atoms with Gasteiger partial charge in [-0.15, -0.1) is 0 Å². The second-order valence-corrected chi connectivity index (χ2v) is 8.23. The average molecular weight is 454 g/mol. The molecule has 0 fully saturated rings. The zero-order chi connectivity index (χ0) is 23.4. The number of alkyl halides is 3. The van der Waals surface area contributed by atoms with Crippen molar-refractivity contribution in [2.75, 3.05) is 13.2 Å². The molecule has 1 aliphatic heterocycles. The van der Waals surface area contributed by atoms with Crippen LogP contribution >= 0.6 is 0 Å². The molecule has 4 rings (SSSR count). The molecule has 7 heteroatoms. The average Bonchev–Trinajstić information content (AvgIpc) is 2.81. The number of benzene rings is 1. The fourth-order valence-corrected chi connectivity index (χ4v) is 4.16. The Balaban J connectivity index is 1.40. The second-order valence-electron chi connectivity index (χ2n) is 8.23. The molecule has 1 aromatic carbocycles. The number of nitrogens with zero attached hydrogens (tertiary/aromatic N) is 2. The molecule has 0 amide bonds. The van der Waals surface area contributed by atoms with Crippen LogP contribution in [0.3, 0.4) is 0 Å². The molecule has 0 N–H and O–H groups in total. The molecule has 3 heterocycles. The van der Waals surface area contributed by atoms with Gasteiger partial charge < -0.3 is 4.74 Å². The summed E-state index contributed by atoms with van der Waals surface area (Å²) in [6.45, 7) is 2.56. The van der Waals surface area contributed by atoms with Crippen molar-refractivity contribution in [2.45, 2.75) is 45.2 Å². The van der Waals surface area contributed by atoms with Gasteiger partial charge in [0.1, 0.15) is 0 Å². The van der Waals surface area contributed by atoms with E-state index in [1.807, 2.05) is 12.1 Å². The number of ketones is 1. The Morgan fingerprint density at radius 2 is 2.00 bits per heavy atom. The molecule has 4 nitrogen and oxygen atoms in total. The number of pyridine rings is 2. The van der Waals surface area contributed by atoms with Gasteiger partial charge in [0.15, 0.2) is 11.4 Å². The lowest BCUT2D eigenvalue weighted by Crippen LogP contribution is -2.12. The maximum absolute atomic E-state index is 13.7. The number of carbonyl (C=O) groups is 1. The smallest absolute Gasteiger partial charge is 0.377 e. The van der Waals surface area contributed by atoms with Crippen molar-refractivity contribution in [3.8, 4) is 0 Å². The number of halogens is 3. The molecule has 172 valence electrons. The predicted molar refractivity (Wildman–Crippen MR) is 121 cm³/mol. The lowest BCUT2D eigenvalue weighted by Gasteiger charge is -2.19. The molecule has 0 saturated heterocycles. The first-order valence-electron chi connectivity index (χ1n) is 11.1. The van der Waals surface area contributed by atoms with Crippen LogP contribution in [0.4, 0.5) is 13.2 Å². The number of hydrogen-bond donors (Lipinski definition) is 0. The molecule has 0 aliphatic carbocycles. The number of ether oxygens (including phenoxy) is 1. The Morgan fingerprint density at radius 3 is 2.76 bits per heavy atom. The summed E-state index contributed by atoms with van der Waals surface area (Å²) in [5.41, 5.74) is 2.75. The maximum atomic E-state index is 13.7. The maximum Gasteiger partial charge on any atom is 0.417 e. The topological polar surface area (TPSA) is 52.1 Å². The van der Waals surface area contributed by atoms with Crippen molar-refractivity contribution in [1.29, 1.82) is 0 Å². The first-order chi connectivity index (χ1) is 15.8. The minimum atomic E-state index is -4.42. The van der Waals surface area contributed by atoms with Crippen molar-refractivity contribution in [1.82, 2.24) is 9.97 Å².